The predicted octanol–water partition coefficient (Wildman–Crippen LogP) is 7.89. The zero-order valence-corrected chi connectivity index (χ0v) is 36.6. The van der Waals surface area contributed by atoms with Gasteiger partial charge in [-0.3, -0.25) is 4.79 Å². The van der Waals surface area contributed by atoms with Crippen LogP contribution in [0.3, 0.4) is 0 Å². The Balaban J connectivity index is 2.37. The average molecular weight is 818 g/mol. The van der Waals surface area contributed by atoms with E-state index in [2.05, 4.69) is 19.2 Å². The molecule has 1 rings (SSSR count). The van der Waals surface area contributed by atoms with Crippen molar-refractivity contribution in [3.63, 3.8) is 0 Å². The lowest BCUT2D eigenvalue weighted by atomic mass is 9.98. The highest BCUT2D eigenvalue weighted by molar-refractivity contribution is 5.80. The van der Waals surface area contributed by atoms with E-state index in [9.17, 15) is 40.5 Å². The minimum absolute atomic E-state index is 0.266. The molecule has 8 N–H and O–H groups in total. The van der Waals surface area contributed by atoms with E-state index < -0.39 is 74.2 Å². The molecule has 57 heavy (non-hydrogen) atoms. The Morgan fingerprint density at radius 3 is 1.30 bits per heavy atom. The molecule has 1 aliphatic heterocycles. The summed E-state index contributed by atoms with van der Waals surface area (Å²) in [6, 6.07) is -1.16. The first-order valence-electron chi connectivity index (χ1n) is 23.9. The van der Waals surface area contributed by atoms with Gasteiger partial charge in [-0.25, -0.2) is 0 Å². The molecule has 0 aromatic rings. The van der Waals surface area contributed by atoms with Crippen molar-refractivity contribution >= 4 is 5.91 Å². The molecule has 11 heteroatoms. The molecular weight excluding hydrogens is 727 g/mol. The number of carbonyl (C=O) groups is 1. The van der Waals surface area contributed by atoms with E-state index >= 15 is 0 Å². The first-order valence-corrected chi connectivity index (χ1v) is 23.9. The van der Waals surface area contributed by atoms with Crippen LogP contribution in [0.5, 0.6) is 0 Å². The number of hydrogen-bond acceptors (Lipinski definition) is 10. The normalized spacial score (nSPS) is 22.0. The molecule has 9 atom stereocenters. The molecule has 1 saturated heterocycles. The van der Waals surface area contributed by atoms with Crippen molar-refractivity contribution in [2.45, 2.75) is 274 Å². The van der Waals surface area contributed by atoms with Gasteiger partial charge in [-0.2, -0.15) is 0 Å². The third-order valence-corrected chi connectivity index (χ3v) is 11.9. The molecule has 1 heterocycles. The highest BCUT2D eigenvalue weighted by Gasteiger charge is 2.44. The van der Waals surface area contributed by atoms with Crippen LogP contribution in [0.15, 0.2) is 0 Å². The lowest BCUT2D eigenvalue weighted by Gasteiger charge is -2.40. The molecule has 340 valence electrons. The van der Waals surface area contributed by atoms with Gasteiger partial charge in [0.05, 0.1) is 25.4 Å². The number of nitrogens with one attached hydrogen (secondary N) is 1. The van der Waals surface area contributed by atoms with Crippen molar-refractivity contribution in [3.8, 4) is 0 Å². The van der Waals surface area contributed by atoms with Gasteiger partial charge in [-0.1, -0.05) is 206 Å². The van der Waals surface area contributed by atoms with Gasteiger partial charge < -0.3 is 50.5 Å². The fourth-order valence-corrected chi connectivity index (χ4v) is 7.91. The predicted molar refractivity (Wildman–Crippen MR) is 229 cm³/mol. The van der Waals surface area contributed by atoms with Gasteiger partial charge in [0.25, 0.3) is 0 Å². The number of aliphatic hydroxyl groups excluding tert-OH is 7. The van der Waals surface area contributed by atoms with E-state index in [0.717, 1.165) is 38.5 Å². The monoisotopic (exact) mass is 818 g/mol. The van der Waals surface area contributed by atoms with Crippen LogP contribution < -0.4 is 5.32 Å². The Bertz CT molecular complexity index is 897. The van der Waals surface area contributed by atoms with Gasteiger partial charge in [-0.15, -0.1) is 0 Å². The maximum Gasteiger partial charge on any atom is 0.249 e. The molecular formula is C46H91NO10. The molecule has 1 fully saturated rings. The van der Waals surface area contributed by atoms with Crippen LogP contribution in [0, 0.1) is 0 Å². The van der Waals surface area contributed by atoms with E-state index in [0.29, 0.717) is 19.3 Å². The molecule has 0 aliphatic carbocycles. The summed E-state index contributed by atoms with van der Waals surface area (Å²) in [5.41, 5.74) is 0. The van der Waals surface area contributed by atoms with Crippen LogP contribution in [-0.4, -0.2) is 110 Å². The Morgan fingerprint density at radius 1 is 0.544 bits per heavy atom. The maximum atomic E-state index is 13.1. The summed E-state index contributed by atoms with van der Waals surface area (Å²) in [6.07, 6.45) is 25.9. The number of unbranched alkanes of at least 4 members (excludes halogenated alkanes) is 28. The first-order chi connectivity index (χ1) is 27.7. The minimum Gasteiger partial charge on any atom is -0.394 e. The first kappa shape index (κ1) is 54.1. The molecule has 0 spiro atoms. The quantitative estimate of drug-likeness (QED) is 0.0283. The van der Waals surface area contributed by atoms with Gasteiger partial charge in [-0.05, 0) is 12.8 Å². The molecule has 0 radical (unpaired) electrons. The Kier molecular flexibility index (Phi) is 35.1. The van der Waals surface area contributed by atoms with Crippen molar-refractivity contribution in [1.29, 1.82) is 0 Å². The van der Waals surface area contributed by atoms with E-state index in [-0.39, 0.29) is 6.42 Å². The van der Waals surface area contributed by atoms with Crippen molar-refractivity contribution in [2.24, 2.45) is 0 Å². The number of ether oxygens (including phenoxy) is 2. The van der Waals surface area contributed by atoms with Crippen LogP contribution in [0.1, 0.15) is 219 Å². The molecule has 0 aromatic carbocycles. The summed E-state index contributed by atoms with van der Waals surface area (Å²) < 4.78 is 11.1. The standard InChI is InChI=1S/C46H91NO10/c1-3-5-7-9-11-13-15-16-17-18-19-20-21-22-23-24-26-28-30-32-34-39(50)45(55)47-37(36-56-46-44(54)43(53)42(52)40(35-48)57-46)41(51)38(49)33-31-29-27-25-14-12-10-8-6-4-2/h37-44,46,48-54H,3-36H2,1-2H3,(H,47,55)/t37-,38+,39+,40?,41-,42+,43?,44?,46+/m0/s1. The molecule has 0 bridgehead atoms. The van der Waals surface area contributed by atoms with Crippen molar-refractivity contribution in [3.05, 3.63) is 0 Å². The van der Waals surface area contributed by atoms with Crippen LogP contribution in [0.2, 0.25) is 0 Å². The Morgan fingerprint density at radius 2 is 0.912 bits per heavy atom. The second-order valence-corrected chi connectivity index (χ2v) is 17.2. The number of carbonyl (C=O) groups excluding carboxylic acids is 1. The van der Waals surface area contributed by atoms with Crippen LogP contribution in [0.4, 0.5) is 0 Å². The second kappa shape index (κ2) is 36.9. The number of aliphatic hydroxyl groups is 7. The summed E-state index contributed by atoms with van der Waals surface area (Å²) in [5.74, 6) is -0.694. The van der Waals surface area contributed by atoms with Gasteiger partial charge in [0.2, 0.25) is 5.91 Å². The summed E-state index contributed by atoms with van der Waals surface area (Å²) >= 11 is 0. The largest absolute Gasteiger partial charge is 0.394 e. The second-order valence-electron chi connectivity index (χ2n) is 17.2. The van der Waals surface area contributed by atoms with E-state index in [1.54, 1.807) is 0 Å². The molecule has 0 aromatic heterocycles. The molecule has 1 aliphatic rings. The highest BCUT2D eigenvalue weighted by atomic mass is 16.7. The van der Waals surface area contributed by atoms with Gasteiger partial charge in [0.1, 0.15) is 36.6 Å². The van der Waals surface area contributed by atoms with Crippen molar-refractivity contribution in [1.82, 2.24) is 5.32 Å². The van der Waals surface area contributed by atoms with Crippen molar-refractivity contribution < 1.29 is 50.0 Å². The number of hydrogen-bond donors (Lipinski definition) is 8. The van der Waals surface area contributed by atoms with E-state index in [4.69, 9.17) is 9.47 Å². The summed E-state index contributed by atoms with van der Waals surface area (Å²) in [4.78, 5) is 13.1. The lowest BCUT2D eigenvalue weighted by molar-refractivity contribution is -0.303. The average Bonchev–Trinajstić information content (AvgIpc) is 3.21. The molecule has 1 amide bonds. The molecule has 0 saturated carbocycles. The third-order valence-electron chi connectivity index (χ3n) is 11.9. The van der Waals surface area contributed by atoms with E-state index in [1.807, 2.05) is 0 Å². The zero-order chi connectivity index (χ0) is 41.9. The van der Waals surface area contributed by atoms with Gasteiger partial charge in [0.15, 0.2) is 6.29 Å². The minimum atomic E-state index is -1.65. The summed E-state index contributed by atoms with van der Waals surface area (Å²) in [7, 11) is 0. The lowest BCUT2D eigenvalue weighted by Crippen LogP contribution is -2.60. The zero-order valence-electron chi connectivity index (χ0n) is 36.6. The number of rotatable bonds is 40. The summed E-state index contributed by atoms with van der Waals surface area (Å²) in [6.45, 7) is 3.43. The highest BCUT2D eigenvalue weighted by Crippen LogP contribution is 2.23. The van der Waals surface area contributed by atoms with Gasteiger partial charge >= 0.3 is 0 Å². The Labute approximate surface area is 348 Å². The van der Waals surface area contributed by atoms with Crippen LogP contribution in [0.25, 0.3) is 0 Å². The molecule has 3 unspecified atom stereocenters. The summed E-state index contributed by atoms with van der Waals surface area (Å²) in [5, 5.41) is 75.6. The van der Waals surface area contributed by atoms with Crippen LogP contribution in [-0.2, 0) is 14.3 Å². The maximum absolute atomic E-state index is 13.1. The van der Waals surface area contributed by atoms with E-state index in [1.165, 1.54) is 141 Å². The van der Waals surface area contributed by atoms with Crippen molar-refractivity contribution in [2.75, 3.05) is 13.2 Å². The SMILES string of the molecule is CCCCCCCCCCCCCCCCCCCCCC[C@@H](O)C(=O)N[C@@H](CO[C@@H]1OC(CO)[C@@H](O)C(O)C1O)[C@H](O)[C@H](O)CCCCCCCCCCCC. The fraction of sp³-hybridized carbons (Fsp3) is 0.978. The smallest absolute Gasteiger partial charge is 0.249 e. The molecule has 11 nitrogen and oxygen atoms in total. The fourth-order valence-electron chi connectivity index (χ4n) is 7.91. The Hall–Kier alpha value is -0.890. The third kappa shape index (κ3) is 26.8. The number of amides is 1. The van der Waals surface area contributed by atoms with Crippen LogP contribution >= 0.6 is 0 Å². The van der Waals surface area contributed by atoms with Gasteiger partial charge in [0, 0.05) is 0 Å². The topological polar surface area (TPSA) is 189 Å².